The molecule has 3 aromatic carbocycles. The number of β-lactam (4-membered cyclic amide) rings is 1. The zero-order chi connectivity index (χ0) is 21.3. The Kier molecular flexibility index (Phi) is 5.55. The van der Waals surface area contributed by atoms with Gasteiger partial charge in [0.05, 0.1) is 14.2 Å². The van der Waals surface area contributed by atoms with Crippen LogP contribution >= 0.6 is 11.6 Å². The highest BCUT2D eigenvalue weighted by molar-refractivity contribution is 6.31. The Hall–Kier alpha value is -3.18. The first-order valence-corrected chi connectivity index (χ1v) is 9.94. The molecule has 1 amide bonds. The Morgan fingerprint density at radius 2 is 1.63 bits per heavy atom. The highest BCUT2D eigenvalue weighted by Crippen LogP contribution is 2.44. The molecule has 1 aliphatic rings. The van der Waals surface area contributed by atoms with E-state index in [4.69, 9.17) is 25.8 Å². The Labute approximate surface area is 180 Å². The van der Waals surface area contributed by atoms with Crippen LogP contribution in [0.4, 0.5) is 5.69 Å². The number of ether oxygens (including phenoxy) is 3. The van der Waals surface area contributed by atoms with E-state index in [0.717, 1.165) is 16.8 Å². The summed E-state index contributed by atoms with van der Waals surface area (Å²) in [7, 11) is 3.18. The zero-order valence-electron chi connectivity index (χ0n) is 17.0. The maximum absolute atomic E-state index is 13.1. The molecule has 30 heavy (non-hydrogen) atoms. The van der Waals surface area contributed by atoms with Crippen molar-refractivity contribution in [1.29, 1.82) is 0 Å². The van der Waals surface area contributed by atoms with E-state index in [1.165, 1.54) is 0 Å². The summed E-state index contributed by atoms with van der Waals surface area (Å²) in [4.78, 5) is 14.8. The molecule has 0 bridgehead atoms. The van der Waals surface area contributed by atoms with Gasteiger partial charge in [-0.2, -0.15) is 0 Å². The topological polar surface area (TPSA) is 48.0 Å². The van der Waals surface area contributed by atoms with Gasteiger partial charge in [0.25, 0.3) is 5.91 Å². The molecule has 1 fully saturated rings. The minimum absolute atomic E-state index is 0.126. The van der Waals surface area contributed by atoms with Crippen LogP contribution in [-0.4, -0.2) is 26.2 Å². The number of anilines is 1. The lowest BCUT2D eigenvalue weighted by Crippen LogP contribution is -2.61. The van der Waals surface area contributed by atoms with Gasteiger partial charge >= 0.3 is 0 Å². The normalized spacial score (nSPS) is 18.0. The molecule has 0 aliphatic carbocycles. The van der Waals surface area contributed by atoms with Crippen LogP contribution in [0, 0.1) is 6.92 Å². The van der Waals surface area contributed by atoms with Gasteiger partial charge < -0.3 is 14.2 Å². The fraction of sp³-hybridized carbons (Fsp3) is 0.208. The number of carbonyl (C=O) groups is 1. The van der Waals surface area contributed by atoms with Gasteiger partial charge in [-0.3, -0.25) is 9.69 Å². The van der Waals surface area contributed by atoms with Gasteiger partial charge in [0.15, 0.2) is 11.5 Å². The number of carbonyl (C=O) groups excluding carboxylic acids is 1. The summed E-state index contributed by atoms with van der Waals surface area (Å²) < 4.78 is 16.9. The van der Waals surface area contributed by atoms with Gasteiger partial charge in [-0.1, -0.05) is 41.9 Å². The monoisotopic (exact) mass is 423 g/mol. The van der Waals surface area contributed by atoms with Crippen molar-refractivity contribution in [1.82, 2.24) is 0 Å². The predicted octanol–water partition coefficient (Wildman–Crippen LogP) is 5.20. The van der Waals surface area contributed by atoms with Crippen molar-refractivity contribution in [3.05, 3.63) is 82.9 Å². The Balaban J connectivity index is 1.74. The Bertz CT molecular complexity index is 1070. The fourth-order valence-corrected chi connectivity index (χ4v) is 3.78. The van der Waals surface area contributed by atoms with Crippen LogP contribution in [-0.2, 0) is 4.79 Å². The number of hydrogen-bond donors (Lipinski definition) is 0. The van der Waals surface area contributed by atoms with Crippen LogP contribution in [0.15, 0.2) is 66.7 Å². The molecule has 0 spiro atoms. The number of benzene rings is 3. The SMILES string of the molecule is COc1ccc([C@H]2[C@H](Oc3ccccc3)C(=O)N2c2ccc(C)c(Cl)c2)cc1OC. The van der Waals surface area contributed by atoms with Crippen LogP contribution in [0.1, 0.15) is 17.2 Å². The van der Waals surface area contributed by atoms with Gasteiger partial charge in [0.2, 0.25) is 6.10 Å². The second kappa shape index (κ2) is 8.28. The molecular weight excluding hydrogens is 402 g/mol. The van der Waals surface area contributed by atoms with E-state index in [1.807, 2.05) is 67.6 Å². The number of methoxy groups -OCH3 is 2. The van der Waals surface area contributed by atoms with Crippen molar-refractivity contribution in [2.45, 2.75) is 19.1 Å². The Morgan fingerprint density at radius 1 is 0.900 bits per heavy atom. The third-order valence-electron chi connectivity index (χ3n) is 5.23. The molecule has 1 heterocycles. The number of amides is 1. The van der Waals surface area contributed by atoms with Crippen LogP contribution in [0.2, 0.25) is 5.02 Å². The summed E-state index contributed by atoms with van der Waals surface area (Å²) in [6.07, 6.45) is -0.662. The maximum Gasteiger partial charge on any atom is 0.271 e. The number of para-hydroxylation sites is 1. The van der Waals surface area contributed by atoms with Crippen molar-refractivity contribution in [3.63, 3.8) is 0 Å². The van der Waals surface area contributed by atoms with Crippen molar-refractivity contribution < 1.29 is 19.0 Å². The van der Waals surface area contributed by atoms with Gasteiger partial charge in [-0.25, -0.2) is 0 Å². The first kappa shape index (κ1) is 20.1. The summed E-state index contributed by atoms with van der Waals surface area (Å²) in [5.74, 6) is 1.73. The molecule has 0 N–H and O–H groups in total. The number of nitrogens with zero attached hydrogens (tertiary/aromatic N) is 1. The standard InChI is InChI=1S/C24H22ClNO4/c1-15-9-11-17(14-19(15)25)26-22(16-10-12-20(28-2)21(13-16)29-3)23(24(26)27)30-18-7-5-4-6-8-18/h4-14,22-23H,1-3H3/t22-,23-/m0/s1. The van der Waals surface area contributed by atoms with Crippen molar-refractivity contribution >= 4 is 23.2 Å². The lowest BCUT2D eigenvalue weighted by atomic mass is 9.89. The van der Waals surface area contributed by atoms with Crippen molar-refractivity contribution in [2.24, 2.45) is 0 Å². The number of aryl methyl sites for hydroxylation is 1. The zero-order valence-corrected chi connectivity index (χ0v) is 17.7. The average molecular weight is 424 g/mol. The first-order valence-electron chi connectivity index (χ1n) is 9.56. The minimum Gasteiger partial charge on any atom is -0.493 e. The van der Waals surface area contributed by atoms with E-state index < -0.39 is 6.10 Å². The van der Waals surface area contributed by atoms with Gasteiger partial charge in [0.1, 0.15) is 11.8 Å². The second-order valence-corrected chi connectivity index (χ2v) is 7.46. The second-order valence-electron chi connectivity index (χ2n) is 7.05. The highest BCUT2D eigenvalue weighted by Gasteiger charge is 2.51. The lowest BCUT2D eigenvalue weighted by Gasteiger charge is -2.46. The van der Waals surface area contributed by atoms with E-state index in [0.29, 0.717) is 22.3 Å². The van der Waals surface area contributed by atoms with Crippen LogP contribution < -0.4 is 19.1 Å². The number of hydrogen-bond acceptors (Lipinski definition) is 4. The molecule has 0 radical (unpaired) electrons. The maximum atomic E-state index is 13.1. The van der Waals surface area contributed by atoms with Gasteiger partial charge in [-0.05, 0) is 54.4 Å². The summed E-state index contributed by atoms with van der Waals surface area (Å²) >= 11 is 6.33. The molecular formula is C24H22ClNO4. The minimum atomic E-state index is -0.662. The molecule has 2 atom stereocenters. The van der Waals surface area contributed by atoms with Gasteiger partial charge in [-0.15, -0.1) is 0 Å². The van der Waals surface area contributed by atoms with Crippen LogP contribution in [0.3, 0.4) is 0 Å². The van der Waals surface area contributed by atoms with E-state index in [2.05, 4.69) is 0 Å². The van der Waals surface area contributed by atoms with E-state index in [9.17, 15) is 4.79 Å². The smallest absolute Gasteiger partial charge is 0.271 e. The molecule has 1 saturated heterocycles. The third-order valence-corrected chi connectivity index (χ3v) is 5.64. The van der Waals surface area contributed by atoms with Crippen LogP contribution in [0.5, 0.6) is 17.2 Å². The molecule has 0 aromatic heterocycles. The van der Waals surface area contributed by atoms with Crippen LogP contribution in [0.25, 0.3) is 0 Å². The average Bonchev–Trinajstić information content (AvgIpc) is 2.78. The molecule has 154 valence electrons. The van der Waals surface area contributed by atoms with E-state index in [-0.39, 0.29) is 11.9 Å². The molecule has 4 rings (SSSR count). The predicted molar refractivity (Wildman–Crippen MR) is 117 cm³/mol. The molecule has 0 unspecified atom stereocenters. The van der Waals surface area contributed by atoms with Crippen molar-refractivity contribution in [3.8, 4) is 17.2 Å². The molecule has 6 heteroatoms. The molecule has 1 aliphatic heterocycles. The summed E-state index contributed by atoms with van der Waals surface area (Å²) in [6, 6.07) is 20.2. The fourth-order valence-electron chi connectivity index (χ4n) is 3.60. The summed E-state index contributed by atoms with van der Waals surface area (Å²) in [5.41, 5.74) is 2.56. The quantitative estimate of drug-likeness (QED) is 0.511. The molecule has 3 aromatic rings. The Morgan fingerprint density at radius 3 is 2.30 bits per heavy atom. The van der Waals surface area contributed by atoms with Gasteiger partial charge in [0, 0.05) is 10.7 Å². The highest BCUT2D eigenvalue weighted by atomic mass is 35.5. The number of rotatable bonds is 6. The lowest BCUT2D eigenvalue weighted by molar-refractivity contribution is -0.135. The number of halogens is 1. The van der Waals surface area contributed by atoms with E-state index in [1.54, 1.807) is 25.2 Å². The summed E-state index contributed by atoms with van der Waals surface area (Å²) in [6.45, 7) is 1.93. The third kappa shape index (κ3) is 3.57. The first-order chi connectivity index (χ1) is 14.5. The van der Waals surface area contributed by atoms with E-state index >= 15 is 0 Å². The van der Waals surface area contributed by atoms with Crippen molar-refractivity contribution in [2.75, 3.05) is 19.1 Å². The largest absolute Gasteiger partial charge is 0.493 e. The molecule has 0 saturated carbocycles. The summed E-state index contributed by atoms with van der Waals surface area (Å²) in [5, 5.41) is 0.610. The molecule has 5 nitrogen and oxygen atoms in total.